The number of phenols is 1. The summed E-state index contributed by atoms with van der Waals surface area (Å²) < 4.78 is 0. The highest BCUT2D eigenvalue weighted by molar-refractivity contribution is 5.56. The smallest absolute Gasteiger partial charge is 0.118 e. The summed E-state index contributed by atoms with van der Waals surface area (Å²) in [7, 11) is 0. The van der Waals surface area contributed by atoms with Gasteiger partial charge in [-0.25, -0.2) is 9.97 Å². The zero-order chi connectivity index (χ0) is 12.3. The van der Waals surface area contributed by atoms with Crippen LogP contribution in [0.2, 0.25) is 0 Å². The number of aromatic nitrogens is 2. The molecule has 0 radical (unpaired) electrons. The minimum Gasteiger partial charge on any atom is -0.508 e. The highest BCUT2D eigenvalue weighted by Crippen LogP contribution is 2.25. The van der Waals surface area contributed by atoms with Gasteiger partial charge in [0, 0.05) is 30.2 Å². The van der Waals surface area contributed by atoms with E-state index in [1.165, 1.54) is 6.33 Å². The molecule has 0 atom stereocenters. The molecular formula is C13H15N3O. The molecule has 88 valence electrons. The Hall–Kier alpha value is -2.10. The molecule has 0 unspecified atom stereocenters. The maximum Gasteiger partial charge on any atom is 0.118 e. The largest absolute Gasteiger partial charge is 0.508 e. The van der Waals surface area contributed by atoms with Crippen LogP contribution in [0.4, 0.5) is 5.69 Å². The average Bonchev–Trinajstić information content (AvgIpc) is 2.33. The van der Waals surface area contributed by atoms with E-state index in [9.17, 15) is 5.11 Å². The van der Waals surface area contributed by atoms with E-state index in [4.69, 9.17) is 0 Å². The normalized spacial score (nSPS) is 10.2. The standard InChI is InChI=1S/C13H15N3O/c1-9-4-13(17)10(2)3-12(9)16-7-11-5-14-8-15-6-11/h3-6,8,16-17H,7H2,1-2H3. The molecular weight excluding hydrogens is 214 g/mol. The van der Waals surface area contributed by atoms with Gasteiger partial charge in [-0.2, -0.15) is 0 Å². The number of nitrogens with zero attached hydrogens (tertiary/aromatic N) is 2. The van der Waals surface area contributed by atoms with Crippen LogP contribution in [0, 0.1) is 13.8 Å². The van der Waals surface area contributed by atoms with Crippen molar-refractivity contribution in [3.8, 4) is 5.75 Å². The van der Waals surface area contributed by atoms with Crippen molar-refractivity contribution in [3.05, 3.63) is 47.5 Å². The van der Waals surface area contributed by atoms with Crippen molar-refractivity contribution in [1.82, 2.24) is 9.97 Å². The molecule has 0 bridgehead atoms. The van der Waals surface area contributed by atoms with Gasteiger partial charge in [0.2, 0.25) is 0 Å². The number of aromatic hydroxyl groups is 1. The first kappa shape index (κ1) is 11.4. The summed E-state index contributed by atoms with van der Waals surface area (Å²) in [6.45, 7) is 4.51. The van der Waals surface area contributed by atoms with E-state index in [0.717, 1.165) is 22.4 Å². The molecule has 0 fully saturated rings. The summed E-state index contributed by atoms with van der Waals surface area (Å²) in [5, 5.41) is 12.9. The number of rotatable bonds is 3. The zero-order valence-electron chi connectivity index (χ0n) is 9.94. The van der Waals surface area contributed by atoms with Gasteiger partial charge in [-0.05, 0) is 37.1 Å². The first-order chi connectivity index (χ1) is 8.16. The van der Waals surface area contributed by atoms with Crippen molar-refractivity contribution in [2.24, 2.45) is 0 Å². The third-order valence-electron chi connectivity index (χ3n) is 2.64. The first-order valence-electron chi connectivity index (χ1n) is 5.45. The fraction of sp³-hybridized carbons (Fsp3) is 0.231. The van der Waals surface area contributed by atoms with Crippen LogP contribution >= 0.6 is 0 Å². The predicted molar refractivity (Wildman–Crippen MR) is 66.9 cm³/mol. The Balaban J connectivity index is 2.12. The highest BCUT2D eigenvalue weighted by atomic mass is 16.3. The van der Waals surface area contributed by atoms with Crippen molar-refractivity contribution in [2.75, 3.05) is 5.32 Å². The second-order valence-electron chi connectivity index (χ2n) is 4.05. The average molecular weight is 229 g/mol. The first-order valence-corrected chi connectivity index (χ1v) is 5.45. The van der Waals surface area contributed by atoms with Gasteiger partial charge in [-0.15, -0.1) is 0 Å². The molecule has 1 heterocycles. The topological polar surface area (TPSA) is 58.0 Å². The SMILES string of the molecule is Cc1cc(NCc2cncnc2)c(C)cc1O. The molecule has 17 heavy (non-hydrogen) atoms. The number of benzene rings is 1. The van der Waals surface area contributed by atoms with E-state index in [-0.39, 0.29) is 0 Å². The molecule has 0 aliphatic rings. The summed E-state index contributed by atoms with van der Waals surface area (Å²) in [5.41, 5.74) is 3.93. The Morgan fingerprint density at radius 1 is 1.12 bits per heavy atom. The van der Waals surface area contributed by atoms with Gasteiger partial charge < -0.3 is 10.4 Å². The number of phenolic OH excluding ortho intramolecular Hbond substituents is 1. The second kappa shape index (κ2) is 4.82. The number of hydrogen-bond acceptors (Lipinski definition) is 4. The summed E-state index contributed by atoms with van der Waals surface area (Å²) in [4.78, 5) is 7.92. The Kier molecular flexibility index (Phi) is 3.23. The van der Waals surface area contributed by atoms with Crippen LogP contribution in [0.25, 0.3) is 0 Å². The lowest BCUT2D eigenvalue weighted by Gasteiger charge is -2.11. The summed E-state index contributed by atoms with van der Waals surface area (Å²) in [6.07, 6.45) is 5.07. The van der Waals surface area contributed by atoms with Crippen LogP contribution in [0.15, 0.2) is 30.9 Å². The van der Waals surface area contributed by atoms with Gasteiger partial charge in [0.1, 0.15) is 12.1 Å². The number of nitrogens with one attached hydrogen (secondary N) is 1. The van der Waals surface area contributed by atoms with E-state index in [2.05, 4.69) is 15.3 Å². The van der Waals surface area contributed by atoms with Crippen LogP contribution in [0.5, 0.6) is 5.75 Å². The summed E-state index contributed by atoms with van der Waals surface area (Å²) in [6, 6.07) is 3.70. The van der Waals surface area contributed by atoms with Gasteiger partial charge in [0.15, 0.2) is 0 Å². The molecule has 4 heteroatoms. The second-order valence-corrected chi connectivity index (χ2v) is 4.05. The molecule has 0 aliphatic heterocycles. The lowest BCUT2D eigenvalue weighted by Crippen LogP contribution is -2.02. The third-order valence-corrected chi connectivity index (χ3v) is 2.64. The molecule has 0 spiro atoms. The fourth-order valence-electron chi connectivity index (χ4n) is 1.61. The monoisotopic (exact) mass is 229 g/mol. The molecule has 0 aliphatic carbocycles. The van der Waals surface area contributed by atoms with E-state index < -0.39 is 0 Å². The molecule has 0 saturated carbocycles. The Bertz CT molecular complexity index is 512. The van der Waals surface area contributed by atoms with E-state index in [1.807, 2.05) is 19.9 Å². The Morgan fingerprint density at radius 3 is 2.53 bits per heavy atom. The minimum absolute atomic E-state index is 0.330. The molecule has 2 aromatic rings. The van der Waals surface area contributed by atoms with Crippen molar-refractivity contribution >= 4 is 5.69 Å². The van der Waals surface area contributed by atoms with E-state index >= 15 is 0 Å². The van der Waals surface area contributed by atoms with Gasteiger partial charge >= 0.3 is 0 Å². The van der Waals surface area contributed by atoms with Gasteiger partial charge in [0.25, 0.3) is 0 Å². The minimum atomic E-state index is 0.330. The molecule has 1 aromatic carbocycles. The number of aryl methyl sites for hydroxylation is 2. The third kappa shape index (κ3) is 2.72. The molecule has 1 aromatic heterocycles. The maximum atomic E-state index is 9.56. The lowest BCUT2D eigenvalue weighted by molar-refractivity contribution is 0.471. The Morgan fingerprint density at radius 2 is 1.82 bits per heavy atom. The van der Waals surface area contributed by atoms with Crippen LogP contribution in [-0.2, 0) is 6.54 Å². The molecule has 0 amide bonds. The number of hydrogen-bond donors (Lipinski definition) is 2. The van der Waals surface area contributed by atoms with Crippen molar-refractivity contribution in [3.63, 3.8) is 0 Å². The molecule has 0 saturated heterocycles. The van der Waals surface area contributed by atoms with Gasteiger partial charge in [0.05, 0.1) is 0 Å². The predicted octanol–water partition coefficient (Wildman–Crippen LogP) is 2.41. The van der Waals surface area contributed by atoms with Gasteiger partial charge in [-0.1, -0.05) is 0 Å². The molecule has 4 nitrogen and oxygen atoms in total. The highest BCUT2D eigenvalue weighted by Gasteiger charge is 2.03. The summed E-state index contributed by atoms with van der Waals surface area (Å²) >= 11 is 0. The summed E-state index contributed by atoms with van der Waals surface area (Å²) in [5.74, 6) is 0.330. The van der Waals surface area contributed by atoms with Crippen molar-refractivity contribution < 1.29 is 5.11 Å². The quantitative estimate of drug-likeness (QED) is 0.793. The van der Waals surface area contributed by atoms with E-state index in [1.54, 1.807) is 18.5 Å². The van der Waals surface area contributed by atoms with Crippen LogP contribution in [-0.4, -0.2) is 15.1 Å². The lowest BCUT2D eigenvalue weighted by atomic mass is 10.1. The van der Waals surface area contributed by atoms with Gasteiger partial charge in [-0.3, -0.25) is 0 Å². The van der Waals surface area contributed by atoms with Crippen LogP contribution in [0.1, 0.15) is 16.7 Å². The fourth-order valence-corrected chi connectivity index (χ4v) is 1.61. The van der Waals surface area contributed by atoms with Crippen molar-refractivity contribution in [1.29, 1.82) is 0 Å². The van der Waals surface area contributed by atoms with Crippen LogP contribution in [0.3, 0.4) is 0 Å². The van der Waals surface area contributed by atoms with Crippen molar-refractivity contribution in [2.45, 2.75) is 20.4 Å². The van der Waals surface area contributed by atoms with E-state index in [0.29, 0.717) is 12.3 Å². The molecule has 2 N–H and O–H groups in total. The number of anilines is 1. The Labute approximate surface area is 100 Å². The zero-order valence-corrected chi connectivity index (χ0v) is 9.94. The molecule has 2 rings (SSSR count). The van der Waals surface area contributed by atoms with Crippen LogP contribution < -0.4 is 5.32 Å². The maximum absolute atomic E-state index is 9.56.